The molecule has 1 aromatic carbocycles. The third kappa shape index (κ3) is 4.00. The van der Waals surface area contributed by atoms with E-state index >= 15 is 0 Å². The quantitative estimate of drug-likeness (QED) is 0.810. The fraction of sp³-hybridized carbons (Fsp3) is 0.412. The Kier molecular flexibility index (Phi) is 5.31. The van der Waals surface area contributed by atoms with E-state index < -0.39 is 0 Å². The van der Waals surface area contributed by atoms with E-state index in [1.54, 1.807) is 0 Å². The summed E-state index contributed by atoms with van der Waals surface area (Å²) in [7, 11) is 0. The zero-order valence-electron chi connectivity index (χ0n) is 12.9. The van der Waals surface area contributed by atoms with Crippen LogP contribution < -0.4 is 10.5 Å². The van der Waals surface area contributed by atoms with Crippen LogP contribution in [0.5, 0.6) is 5.75 Å². The van der Waals surface area contributed by atoms with Gasteiger partial charge < -0.3 is 10.5 Å². The average molecular weight is 324 g/mol. The van der Waals surface area contributed by atoms with Crippen molar-refractivity contribution in [3.05, 3.63) is 50.7 Å². The summed E-state index contributed by atoms with van der Waals surface area (Å²) in [5.74, 6) is 1.37. The van der Waals surface area contributed by atoms with E-state index in [9.17, 15) is 0 Å². The first-order valence-corrected chi connectivity index (χ1v) is 8.36. The van der Waals surface area contributed by atoms with Crippen LogP contribution in [0.1, 0.15) is 48.8 Å². The van der Waals surface area contributed by atoms with E-state index in [1.165, 1.54) is 16.9 Å². The third-order valence-electron chi connectivity index (χ3n) is 3.48. The maximum Gasteiger partial charge on any atom is 0.148 e. The van der Waals surface area contributed by atoms with Crippen molar-refractivity contribution in [2.24, 2.45) is 5.73 Å². The summed E-state index contributed by atoms with van der Waals surface area (Å²) in [6, 6.07) is 10.1. The lowest BCUT2D eigenvalue weighted by atomic mass is 10.0. The van der Waals surface area contributed by atoms with E-state index in [1.807, 2.05) is 19.1 Å². The van der Waals surface area contributed by atoms with Gasteiger partial charge in [0.1, 0.15) is 11.9 Å². The van der Waals surface area contributed by atoms with Gasteiger partial charge in [0.15, 0.2) is 0 Å². The molecule has 0 radical (unpaired) electrons. The lowest BCUT2D eigenvalue weighted by Gasteiger charge is -2.23. The minimum atomic E-state index is -0.177. The second kappa shape index (κ2) is 6.82. The summed E-state index contributed by atoms with van der Waals surface area (Å²) in [6.07, 6.45) is -0.177. The number of ether oxygens (including phenoxy) is 1. The monoisotopic (exact) mass is 323 g/mol. The lowest BCUT2D eigenvalue weighted by Crippen LogP contribution is -2.28. The van der Waals surface area contributed by atoms with Crippen LogP contribution in [0.25, 0.3) is 0 Å². The number of hydrogen-bond donors (Lipinski definition) is 1. The van der Waals surface area contributed by atoms with Gasteiger partial charge in [-0.2, -0.15) is 0 Å². The highest BCUT2D eigenvalue weighted by Gasteiger charge is 2.21. The Hall–Kier alpha value is -1.03. The van der Waals surface area contributed by atoms with Crippen molar-refractivity contribution in [1.29, 1.82) is 0 Å². The van der Waals surface area contributed by atoms with Gasteiger partial charge in [0.25, 0.3) is 0 Å². The second-order valence-electron chi connectivity index (χ2n) is 5.72. The first-order valence-electron chi connectivity index (χ1n) is 7.16. The molecule has 2 aromatic rings. The molecule has 4 heteroatoms. The summed E-state index contributed by atoms with van der Waals surface area (Å²) in [4.78, 5) is 1.06. The molecule has 0 spiro atoms. The van der Waals surface area contributed by atoms with Gasteiger partial charge in [-0.3, -0.25) is 0 Å². The first-order chi connectivity index (χ1) is 9.88. The molecule has 2 rings (SSSR count). The molecule has 0 bridgehead atoms. The van der Waals surface area contributed by atoms with Gasteiger partial charge in [-0.1, -0.05) is 37.6 Å². The van der Waals surface area contributed by atoms with Gasteiger partial charge in [0, 0.05) is 10.9 Å². The van der Waals surface area contributed by atoms with Crippen molar-refractivity contribution in [2.75, 3.05) is 0 Å². The van der Waals surface area contributed by atoms with Crippen molar-refractivity contribution in [3.8, 4) is 5.75 Å². The lowest BCUT2D eigenvalue weighted by molar-refractivity contribution is 0.182. The zero-order valence-corrected chi connectivity index (χ0v) is 14.5. The number of thiophene rings is 1. The average Bonchev–Trinajstić information content (AvgIpc) is 2.83. The standard InChI is InChI=1S/C17H22ClNOS/c1-10(2)13-6-5-11(3)14(9-13)20-17(12(4)19)15-7-8-16(18)21-15/h5-10,12,17H,19H2,1-4H3. The van der Waals surface area contributed by atoms with Crippen LogP contribution in [0.3, 0.4) is 0 Å². The normalized spacial score (nSPS) is 14.2. The maximum atomic E-state index is 6.22. The van der Waals surface area contributed by atoms with Crippen LogP contribution in [0.2, 0.25) is 4.34 Å². The van der Waals surface area contributed by atoms with Crippen molar-refractivity contribution >= 4 is 22.9 Å². The predicted octanol–water partition coefficient (Wildman–Crippen LogP) is 5.30. The van der Waals surface area contributed by atoms with Crippen molar-refractivity contribution in [2.45, 2.75) is 45.8 Å². The molecule has 0 saturated heterocycles. The van der Waals surface area contributed by atoms with Gasteiger partial charge in [0.05, 0.1) is 4.34 Å². The summed E-state index contributed by atoms with van der Waals surface area (Å²) >= 11 is 7.55. The number of halogens is 1. The molecule has 114 valence electrons. The van der Waals surface area contributed by atoms with E-state index in [4.69, 9.17) is 22.1 Å². The van der Waals surface area contributed by atoms with Crippen LogP contribution in [0.15, 0.2) is 30.3 Å². The molecule has 0 fully saturated rings. The van der Waals surface area contributed by atoms with Gasteiger partial charge in [-0.15, -0.1) is 11.3 Å². The smallest absolute Gasteiger partial charge is 0.148 e. The number of rotatable bonds is 5. The molecule has 2 atom stereocenters. The van der Waals surface area contributed by atoms with Crippen LogP contribution >= 0.6 is 22.9 Å². The van der Waals surface area contributed by atoms with Crippen molar-refractivity contribution < 1.29 is 4.74 Å². The molecule has 0 aliphatic carbocycles. The fourth-order valence-corrected chi connectivity index (χ4v) is 3.35. The molecule has 2 nitrogen and oxygen atoms in total. The summed E-state index contributed by atoms with van der Waals surface area (Å²) in [5.41, 5.74) is 8.50. The number of hydrogen-bond acceptors (Lipinski definition) is 3. The molecular formula is C17H22ClNOS. The minimum Gasteiger partial charge on any atom is -0.483 e. The molecule has 0 amide bonds. The fourth-order valence-electron chi connectivity index (χ4n) is 2.15. The van der Waals surface area contributed by atoms with Crippen LogP contribution in [-0.4, -0.2) is 6.04 Å². The molecule has 0 saturated carbocycles. The molecular weight excluding hydrogens is 302 g/mol. The van der Waals surface area contributed by atoms with Gasteiger partial charge in [-0.25, -0.2) is 0 Å². The Labute approximate surface area is 135 Å². The Morgan fingerprint density at radius 2 is 1.86 bits per heavy atom. The molecule has 2 N–H and O–H groups in total. The molecule has 0 aliphatic heterocycles. The Balaban J connectivity index is 2.31. The van der Waals surface area contributed by atoms with E-state index in [2.05, 4.69) is 39.0 Å². The molecule has 21 heavy (non-hydrogen) atoms. The van der Waals surface area contributed by atoms with E-state index in [0.29, 0.717) is 5.92 Å². The molecule has 1 heterocycles. The highest BCUT2D eigenvalue weighted by Crippen LogP contribution is 2.34. The predicted molar refractivity (Wildman–Crippen MR) is 91.6 cm³/mol. The Morgan fingerprint density at radius 1 is 1.14 bits per heavy atom. The van der Waals surface area contributed by atoms with Crippen molar-refractivity contribution in [1.82, 2.24) is 0 Å². The summed E-state index contributed by atoms with van der Waals surface area (Å²) in [6.45, 7) is 8.37. The van der Waals surface area contributed by atoms with E-state index in [0.717, 1.165) is 20.5 Å². The molecule has 1 aromatic heterocycles. The van der Waals surface area contributed by atoms with Crippen molar-refractivity contribution in [3.63, 3.8) is 0 Å². The Bertz CT molecular complexity index is 607. The zero-order chi connectivity index (χ0) is 15.6. The van der Waals surface area contributed by atoms with Crippen LogP contribution in [-0.2, 0) is 0 Å². The second-order valence-corrected chi connectivity index (χ2v) is 7.47. The number of aryl methyl sites for hydroxylation is 1. The minimum absolute atomic E-state index is 0.109. The van der Waals surface area contributed by atoms with Gasteiger partial charge in [-0.05, 0) is 49.1 Å². The van der Waals surface area contributed by atoms with Crippen LogP contribution in [0, 0.1) is 6.92 Å². The topological polar surface area (TPSA) is 35.2 Å². The van der Waals surface area contributed by atoms with E-state index in [-0.39, 0.29) is 12.1 Å². The maximum absolute atomic E-state index is 6.22. The molecule has 2 unspecified atom stereocenters. The summed E-state index contributed by atoms with van der Waals surface area (Å²) in [5, 5.41) is 0. The Morgan fingerprint density at radius 3 is 2.38 bits per heavy atom. The number of benzene rings is 1. The van der Waals surface area contributed by atoms with Crippen LogP contribution in [0.4, 0.5) is 0 Å². The number of nitrogens with two attached hydrogens (primary N) is 1. The highest BCUT2D eigenvalue weighted by atomic mass is 35.5. The SMILES string of the molecule is Cc1ccc(C(C)C)cc1OC(c1ccc(Cl)s1)C(C)N. The van der Waals surface area contributed by atoms with Gasteiger partial charge >= 0.3 is 0 Å². The first kappa shape index (κ1) is 16.3. The largest absolute Gasteiger partial charge is 0.483 e. The third-order valence-corrected chi connectivity index (χ3v) is 4.78. The van der Waals surface area contributed by atoms with Gasteiger partial charge in [0.2, 0.25) is 0 Å². The highest BCUT2D eigenvalue weighted by molar-refractivity contribution is 7.16. The summed E-state index contributed by atoms with van der Waals surface area (Å²) < 4.78 is 6.98. The molecule has 0 aliphatic rings.